The summed E-state index contributed by atoms with van der Waals surface area (Å²) >= 11 is 0. The van der Waals surface area contributed by atoms with Gasteiger partial charge in [-0.05, 0) is 20.1 Å². The van der Waals surface area contributed by atoms with E-state index in [4.69, 9.17) is 4.43 Å². The van der Waals surface area contributed by atoms with Crippen LogP contribution >= 0.6 is 0 Å². The molecule has 4 heteroatoms. The molecular weight excluding hydrogens is 146 g/mol. The minimum atomic E-state index is -1.73. The van der Waals surface area contributed by atoms with E-state index in [0.29, 0.717) is 0 Å². The fourth-order valence-corrected chi connectivity index (χ4v) is 2.55. The summed E-state index contributed by atoms with van der Waals surface area (Å²) in [7, 11) is 0.132. The Hall–Kier alpha value is -0.353. The van der Waals surface area contributed by atoms with E-state index < -0.39 is 8.32 Å². The second-order valence-electron chi connectivity index (χ2n) is 2.88. The highest BCUT2D eigenvalue weighted by molar-refractivity contribution is 6.72. The Kier molecular flexibility index (Phi) is 3.60. The third kappa shape index (κ3) is 4.52. The normalized spacial score (nSPS) is 11.2. The van der Waals surface area contributed by atoms with Crippen LogP contribution in [0, 0.1) is 0 Å². The van der Waals surface area contributed by atoms with Crippen LogP contribution in [-0.4, -0.2) is 27.5 Å². The zero-order valence-corrected chi connectivity index (χ0v) is 8.02. The first-order valence-electron chi connectivity index (χ1n) is 3.32. The fourth-order valence-electron chi connectivity index (χ4n) is 0.851. The van der Waals surface area contributed by atoms with Gasteiger partial charge in [-0.3, -0.25) is 4.79 Å². The molecule has 60 valence electrons. The summed E-state index contributed by atoms with van der Waals surface area (Å²) in [5.41, 5.74) is 0. The monoisotopic (exact) mass is 161 g/mol. The molecule has 0 radical (unpaired) electrons. The zero-order chi connectivity index (χ0) is 8.20. The van der Waals surface area contributed by atoms with Crippen molar-refractivity contribution in [3.63, 3.8) is 0 Å². The SMILES string of the molecule is CNC[Si](C)(C)OC(C)=O. The maximum absolute atomic E-state index is 10.5. The van der Waals surface area contributed by atoms with Crippen LogP contribution in [-0.2, 0) is 9.22 Å². The van der Waals surface area contributed by atoms with E-state index in [2.05, 4.69) is 5.32 Å². The standard InChI is InChI=1S/C6H15NO2Si/c1-6(8)9-10(3,4)5-7-2/h7H,5H2,1-4H3. The second-order valence-corrected chi connectivity index (χ2v) is 6.96. The highest BCUT2D eigenvalue weighted by atomic mass is 28.4. The number of rotatable bonds is 3. The van der Waals surface area contributed by atoms with Gasteiger partial charge in [0.05, 0.1) is 0 Å². The molecule has 0 saturated heterocycles. The molecule has 0 aromatic heterocycles. The average molecular weight is 161 g/mol. The van der Waals surface area contributed by atoms with Gasteiger partial charge in [0.2, 0.25) is 0 Å². The van der Waals surface area contributed by atoms with Gasteiger partial charge in [-0.15, -0.1) is 0 Å². The topological polar surface area (TPSA) is 38.3 Å². The average Bonchev–Trinajstić information content (AvgIpc) is 1.59. The molecule has 0 aliphatic heterocycles. The largest absolute Gasteiger partial charge is 0.519 e. The summed E-state index contributed by atoms with van der Waals surface area (Å²) in [5.74, 6) is -0.174. The highest BCUT2D eigenvalue weighted by Crippen LogP contribution is 2.01. The molecule has 0 fully saturated rings. The molecule has 0 aromatic carbocycles. The van der Waals surface area contributed by atoms with Crippen LogP contribution < -0.4 is 5.32 Å². The van der Waals surface area contributed by atoms with Crippen molar-refractivity contribution in [2.45, 2.75) is 20.0 Å². The van der Waals surface area contributed by atoms with Crippen LogP contribution in [0.4, 0.5) is 0 Å². The molecule has 1 N–H and O–H groups in total. The highest BCUT2D eigenvalue weighted by Gasteiger charge is 2.23. The molecule has 0 rings (SSSR count). The van der Waals surface area contributed by atoms with Gasteiger partial charge in [-0.25, -0.2) is 0 Å². The van der Waals surface area contributed by atoms with E-state index >= 15 is 0 Å². The predicted molar refractivity (Wildman–Crippen MR) is 43.2 cm³/mol. The van der Waals surface area contributed by atoms with Crippen molar-refractivity contribution < 1.29 is 9.22 Å². The molecule has 0 aliphatic rings. The smallest absolute Gasteiger partial charge is 0.289 e. The van der Waals surface area contributed by atoms with Gasteiger partial charge in [0.25, 0.3) is 14.3 Å². The molecule has 10 heavy (non-hydrogen) atoms. The van der Waals surface area contributed by atoms with Crippen molar-refractivity contribution in [1.29, 1.82) is 0 Å². The molecule has 3 nitrogen and oxygen atoms in total. The fraction of sp³-hybridized carbons (Fsp3) is 0.833. The lowest BCUT2D eigenvalue weighted by molar-refractivity contribution is -0.132. The third-order valence-electron chi connectivity index (χ3n) is 1.02. The summed E-state index contributed by atoms with van der Waals surface area (Å²) in [6, 6.07) is 0. The number of carbonyl (C=O) groups is 1. The molecule has 0 heterocycles. The van der Waals surface area contributed by atoms with E-state index in [1.807, 2.05) is 20.1 Å². The lowest BCUT2D eigenvalue weighted by Crippen LogP contribution is -2.42. The lowest BCUT2D eigenvalue weighted by atomic mass is 10.9. The minimum absolute atomic E-state index is 0.174. The van der Waals surface area contributed by atoms with Gasteiger partial charge in [0.1, 0.15) is 0 Å². The quantitative estimate of drug-likeness (QED) is 0.613. The Morgan fingerprint density at radius 1 is 1.60 bits per heavy atom. The first-order chi connectivity index (χ1) is 4.48. The van der Waals surface area contributed by atoms with Gasteiger partial charge >= 0.3 is 0 Å². The van der Waals surface area contributed by atoms with Crippen molar-refractivity contribution >= 4 is 14.3 Å². The predicted octanol–water partition coefficient (Wildman–Crippen LogP) is 0.513. The Morgan fingerprint density at radius 3 is 2.40 bits per heavy atom. The number of nitrogens with one attached hydrogen (secondary N) is 1. The lowest BCUT2D eigenvalue weighted by Gasteiger charge is -2.20. The summed E-state index contributed by atoms with van der Waals surface area (Å²) in [6.07, 6.45) is 0.812. The van der Waals surface area contributed by atoms with Crippen molar-refractivity contribution in [2.24, 2.45) is 0 Å². The van der Waals surface area contributed by atoms with Gasteiger partial charge < -0.3 is 9.74 Å². The summed E-state index contributed by atoms with van der Waals surface area (Å²) < 4.78 is 5.12. The van der Waals surface area contributed by atoms with Crippen LogP contribution in [0.3, 0.4) is 0 Å². The van der Waals surface area contributed by atoms with Gasteiger partial charge in [-0.1, -0.05) is 0 Å². The first kappa shape index (κ1) is 9.65. The summed E-state index contributed by atoms with van der Waals surface area (Å²) in [5, 5.41) is 3.00. The Bertz CT molecular complexity index is 125. The van der Waals surface area contributed by atoms with E-state index in [0.717, 1.165) is 6.17 Å². The first-order valence-corrected chi connectivity index (χ1v) is 6.43. The number of hydrogen-bond acceptors (Lipinski definition) is 3. The van der Waals surface area contributed by atoms with E-state index in [9.17, 15) is 4.79 Å². The summed E-state index contributed by atoms with van der Waals surface area (Å²) in [4.78, 5) is 10.5. The molecule has 0 bridgehead atoms. The minimum Gasteiger partial charge on any atom is -0.519 e. The van der Waals surface area contributed by atoms with E-state index in [1.165, 1.54) is 6.92 Å². The van der Waals surface area contributed by atoms with E-state index in [-0.39, 0.29) is 5.97 Å². The van der Waals surface area contributed by atoms with Crippen molar-refractivity contribution in [1.82, 2.24) is 5.32 Å². The molecular formula is C6H15NO2Si. The van der Waals surface area contributed by atoms with Crippen molar-refractivity contribution in [3.05, 3.63) is 0 Å². The number of carbonyl (C=O) groups excluding carboxylic acids is 1. The van der Waals surface area contributed by atoms with Crippen LogP contribution in [0.1, 0.15) is 6.92 Å². The van der Waals surface area contributed by atoms with Gasteiger partial charge in [0, 0.05) is 13.1 Å². The van der Waals surface area contributed by atoms with Crippen LogP contribution in [0.15, 0.2) is 0 Å². The second kappa shape index (κ2) is 3.73. The van der Waals surface area contributed by atoms with E-state index in [1.54, 1.807) is 0 Å². The third-order valence-corrected chi connectivity index (χ3v) is 3.07. The molecule has 0 unspecified atom stereocenters. The van der Waals surface area contributed by atoms with Crippen LogP contribution in [0.5, 0.6) is 0 Å². The van der Waals surface area contributed by atoms with Gasteiger partial charge in [-0.2, -0.15) is 0 Å². The molecule has 0 atom stereocenters. The molecule has 0 amide bonds. The maximum atomic E-state index is 10.5. The van der Waals surface area contributed by atoms with Crippen LogP contribution in [0.25, 0.3) is 0 Å². The molecule has 0 aromatic rings. The van der Waals surface area contributed by atoms with Crippen molar-refractivity contribution in [2.75, 3.05) is 13.2 Å². The Balaban J connectivity index is 3.74. The van der Waals surface area contributed by atoms with Crippen LogP contribution in [0.2, 0.25) is 13.1 Å². The maximum Gasteiger partial charge on any atom is 0.289 e. The Labute approximate surface area is 62.9 Å². The Morgan fingerprint density at radius 2 is 2.10 bits per heavy atom. The number of hydrogen-bond donors (Lipinski definition) is 1. The van der Waals surface area contributed by atoms with Crippen molar-refractivity contribution in [3.8, 4) is 0 Å². The molecule has 0 saturated carbocycles. The molecule has 0 spiro atoms. The summed E-state index contributed by atoms with van der Waals surface area (Å²) in [6.45, 7) is 5.46. The molecule has 0 aliphatic carbocycles. The van der Waals surface area contributed by atoms with Gasteiger partial charge in [0.15, 0.2) is 0 Å². The zero-order valence-electron chi connectivity index (χ0n) is 7.02.